The van der Waals surface area contributed by atoms with Gasteiger partial charge in [-0.3, -0.25) is 0 Å². The van der Waals surface area contributed by atoms with Crippen LogP contribution < -0.4 is 10.2 Å². The zero-order valence-corrected chi connectivity index (χ0v) is 20.9. The average molecular weight is 415 g/mol. The maximum Gasteiger partial charge on any atom is 0.137 e. The molecule has 0 bridgehead atoms. The van der Waals surface area contributed by atoms with Crippen LogP contribution in [0.15, 0.2) is 24.8 Å². The van der Waals surface area contributed by atoms with Gasteiger partial charge < -0.3 is 15.3 Å². The summed E-state index contributed by atoms with van der Waals surface area (Å²) < 4.78 is 0. The van der Waals surface area contributed by atoms with E-state index in [1.807, 2.05) is 34.9 Å². The number of aryl methyl sites for hydroxylation is 1. The van der Waals surface area contributed by atoms with E-state index in [1.165, 1.54) is 0 Å². The highest BCUT2D eigenvalue weighted by Crippen LogP contribution is 2.34. The van der Waals surface area contributed by atoms with Crippen molar-refractivity contribution in [3.05, 3.63) is 41.7 Å². The van der Waals surface area contributed by atoms with Gasteiger partial charge in [-0.25, -0.2) is 9.97 Å². The molecule has 0 atom stereocenters. The second kappa shape index (κ2) is 13.0. The molecule has 0 saturated carbocycles. The number of nitrogens with one attached hydrogen (secondary N) is 1. The van der Waals surface area contributed by atoms with Crippen LogP contribution in [0.3, 0.4) is 0 Å². The molecule has 0 unspecified atom stereocenters. The molecule has 0 spiro atoms. The molecule has 0 aromatic carbocycles. The first-order valence-corrected chi connectivity index (χ1v) is 10.7. The van der Waals surface area contributed by atoms with Crippen molar-refractivity contribution in [2.24, 2.45) is 0 Å². The summed E-state index contributed by atoms with van der Waals surface area (Å²) >= 11 is 0. The number of nitrogens with zero attached hydrogens (tertiary/aromatic N) is 3. The minimum atomic E-state index is 0.337. The number of rotatable bonds is 6. The van der Waals surface area contributed by atoms with Crippen LogP contribution >= 0.6 is 0 Å². The molecule has 30 heavy (non-hydrogen) atoms. The molecular formula is C25H42N4O. The van der Waals surface area contributed by atoms with Crippen molar-refractivity contribution < 1.29 is 5.11 Å². The summed E-state index contributed by atoms with van der Waals surface area (Å²) in [6, 6.07) is 6.76. The molecule has 2 aromatic heterocycles. The Morgan fingerprint density at radius 3 is 2.07 bits per heavy atom. The highest BCUT2D eigenvalue weighted by Gasteiger charge is 2.18. The summed E-state index contributed by atoms with van der Waals surface area (Å²) in [6.07, 6.45) is 0. The molecule has 168 valence electrons. The first-order chi connectivity index (χ1) is 14.1. The van der Waals surface area contributed by atoms with E-state index in [0.717, 1.165) is 52.4 Å². The smallest absolute Gasteiger partial charge is 0.137 e. The van der Waals surface area contributed by atoms with Gasteiger partial charge in [0, 0.05) is 38.5 Å². The van der Waals surface area contributed by atoms with E-state index in [2.05, 4.69) is 69.6 Å². The number of aromatic nitrogens is 2. The van der Waals surface area contributed by atoms with Crippen molar-refractivity contribution in [1.29, 1.82) is 0 Å². The van der Waals surface area contributed by atoms with Gasteiger partial charge in [-0.15, -0.1) is 0 Å². The summed E-state index contributed by atoms with van der Waals surface area (Å²) in [5, 5.41) is 10.5. The Balaban J connectivity index is 0.00000198. The summed E-state index contributed by atoms with van der Waals surface area (Å²) in [4.78, 5) is 11.9. The second-order valence-corrected chi connectivity index (χ2v) is 7.79. The van der Waals surface area contributed by atoms with Crippen molar-refractivity contribution in [1.82, 2.24) is 9.97 Å². The Labute approximate surface area is 184 Å². The maximum absolute atomic E-state index is 7.00. The lowest BCUT2D eigenvalue weighted by atomic mass is 10.0. The van der Waals surface area contributed by atoms with Crippen molar-refractivity contribution in [3.8, 4) is 11.3 Å². The third-order valence-corrected chi connectivity index (χ3v) is 4.23. The van der Waals surface area contributed by atoms with E-state index in [-0.39, 0.29) is 0 Å². The minimum absolute atomic E-state index is 0.337. The van der Waals surface area contributed by atoms with Crippen LogP contribution in [0.4, 0.5) is 11.5 Å². The summed E-state index contributed by atoms with van der Waals surface area (Å²) in [5.41, 5.74) is 7.13. The number of hydrogen-bond donors (Lipinski definition) is 2. The molecule has 0 aliphatic rings. The topological polar surface area (TPSA) is 61.3 Å². The first kappa shape index (κ1) is 27.6. The number of aliphatic hydroxyl groups excluding tert-OH is 1. The van der Waals surface area contributed by atoms with Crippen LogP contribution in [-0.4, -0.2) is 42.3 Å². The highest BCUT2D eigenvalue weighted by molar-refractivity contribution is 5.80. The molecule has 2 heterocycles. The van der Waals surface area contributed by atoms with Crippen LogP contribution in [0.25, 0.3) is 16.8 Å². The predicted molar refractivity (Wildman–Crippen MR) is 134 cm³/mol. The molecule has 2 aromatic rings. The highest BCUT2D eigenvalue weighted by atomic mass is 16.2. The monoisotopic (exact) mass is 414 g/mol. The Bertz CT molecular complexity index is 811. The quantitative estimate of drug-likeness (QED) is 0.595. The molecular weight excluding hydrogens is 372 g/mol. The lowest BCUT2D eigenvalue weighted by Gasteiger charge is -2.21. The zero-order chi connectivity index (χ0) is 23.6. The average Bonchev–Trinajstić information content (AvgIpc) is 2.70. The Kier molecular flexibility index (Phi) is 12.0. The molecule has 0 saturated heterocycles. The van der Waals surface area contributed by atoms with Crippen LogP contribution in [0.1, 0.15) is 71.3 Å². The Hall–Kier alpha value is -2.40. The van der Waals surface area contributed by atoms with Crippen molar-refractivity contribution in [3.63, 3.8) is 0 Å². The third kappa shape index (κ3) is 7.13. The van der Waals surface area contributed by atoms with Crippen molar-refractivity contribution in [2.45, 2.75) is 67.3 Å². The summed E-state index contributed by atoms with van der Waals surface area (Å²) in [7, 11) is 5.05. The predicted octanol–water partition coefficient (Wildman–Crippen LogP) is 6.13. The van der Waals surface area contributed by atoms with E-state index in [9.17, 15) is 0 Å². The molecule has 5 nitrogen and oxygen atoms in total. The van der Waals surface area contributed by atoms with Crippen molar-refractivity contribution >= 4 is 17.1 Å². The van der Waals surface area contributed by atoms with Gasteiger partial charge in [-0.05, 0) is 62.9 Å². The van der Waals surface area contributed by atoms with E-state index >= 15 is 0 Å². The SMILES string of the molecule is C=C(C)c1nc(-c2ccc(C(C)C)nc2N(C)C)c(C)cc1NC(C)C.CC.CO. The molecule has 0 aliphatic heterocycles. The molecule has 5 heteroatoms. The van der Waals surface area contributed by atoms with Gasteiger partial charge in [-0.1, -0.05) is 34.3 Å². The number of pyridine rings is 2. The lowest BCUT2D eigenvalue weighted by Crippen LogP contribution is -2.15. The molecule has 0 fully saturated rings. The van der Waals surface area contributed by atoms with Gasteiger partial charge in [0.15, 0.2) is 0 Å². The number of aliphatic hydroxyl groups is 1. The van der Waals surface area contributed by atoms with Crippen molar-refractivity contribution in [2.75, 3.05) is 31.4 Å². The molecule has 2 rings (SSSR count). The van der Waals surface area contributed by atoms with Crippen LogP contribution in [0.2, 0.25) is 0 Å². The van der Waals surface area contributed by atoms with Gasteiger partial charge in [-0.2, -0.15) is 0 Å². The molecule has 0 amide bonds. The van der Waals surface area contributed by atoms with Gasteiger partial charge in [0.1, 0.15) is 5.82 Å². The number of anilines is 2. The van der Waals surface area contributed by atoms with E-state index in [1.54, 1.807) is 0 Å². The zero-order valence-electron chi connectivity index (χ0n) is 20.9. The van der Waals surface area contributed by atoms with E-state index in [0.29, 0.717) is 12.0 Å². The fourth-order valence-corrected chi connectivity index (χ4v) is 2.94. The first-order valence-electron chi connectivity index (χ1n) is 10.7. The largest absolute Gasteiger partial charge is 0.400 e. The van der Waals surface area contributed by atoms with Gasteiger partial charge in [0.25, 0.3) is 0 Å². The Morgan fingerprint density at radius 1 is 1.07 bits per heavy atom. The molecule has 0 radical (unpaired) electrons. The van der Waals surface area contributed by atoms with Crippen LogP contribution in [0.5, 0.6) is 0 Å². The normalized spacial score (nSPS) is 10.1. The minimum Gasteiger partial charge on any atom is -0.400 e. The van der Waals surface area contributed by atoms with Crippen LogP contribution in [0, 0.1) is 6.92 Å². The number of allylic oxidation sites excluding steroid dienone is 1. The lowest BCUT2D eigenvalue weighted by molar-refractivity contribution is 0.399. The Morgan fingerprint density at radius 2 is 1.63 bits per heavy atom. The summed E-state index contributed by atoms with van der Waals surface area (Å²) in [5.74, 6) is 1.34. The van der Waals surface area contributed by atoms with Crippen LogP contribution in [-0.2, 0) is 0 Å². The fraction of sp³-hybridized carbons (Fsp3) is 0.520. The number of hydrogen-bond acceptors (Lipinski definition) is 5. The van der Waals surface area contributed by atoms with Gasteiger partial charge >= 0.3 is 0 Å². The fourth-order valence-electron chi connectivity index (χ4n) is 2.94. The maximum atomic E-state index is 7.00. The summed E-state index contributed by atoms with van der Waals surface area (Å²) in [6.45, 7) is 20.8. The van der Waals surface area contributed by atoms with Gasteiger partial charge in [0.2, 0.25) is 0 Å². The van der Waals surface area contributed by atoms with Gasteiger partial charge in [0.05, 0.1) is 17.1 Å². The molecule has 2 N–H and O–H groups in total. The van der Waals surface area contributed by atoms with E-state index < -0.39 is 0 Å². The standard InChI is InChI=1S/C22H32N4.C2H6.CH4O/c1-13(2)18-11-10-17(22(24-18)26(8)9)21-16(7)12-19(23-15(5)6)20(25-21)14(3)4;2*1-2/h10-13,15,23H,3H2,1-2,4-9H3;1-2H3;2H,1H3. The third-order valence-electron chi connectivity index (χ3n) is 4.23. The second-order valence-electron chi connectivity index (χ2n) is 7.79. The molecule has 0 aliphatic carbocycles. The van der Waals surface area contributed by atoms with E-state index in [4.69, 9.17) is 15.1 Å².